The third-order valence-electron chi connectivity index (χ3n) is 2.79. The molecule has 0 saturated carbocycles. The van der Waals surface area contributed by atoms with Crippen LogP contribution < -0.4 is 5.32 Å². The minimum absolute atomic E-state index is 0.803. The summed E-state index contributed by atoms with van der Waals surface area (Å²) in [4.78, 5) is 8.86. The van der Waals surface area contributed by atoms with Gasteiger partial charge in [-0.1, -0.05) is 17.3 Å². The van der Waals surface area contributed by atoms with E-state index in [1.165, 1.54) is 0 Å². The fourth-order valence-corrected chi connectivity index (χ4v) is 1.85. The fourth-order valence-electron chi connectivity index (χ4n) is 1.85. The third-order valence-corrected chi connectivity index (χ3v) is 2.79. The first kappa shape index (κ1) is 11.6. The minimum atomic E-state index is 0.803. The summed E-state index contributed by atoms with van der Waals surface area (Å²) in [7, 11) is 0. The van der Waals surface area contributed by atoms with E-state index in [-0.39, 0.29) is 0 Å². The molecular weight excluding hydrogens is 240 g/mol. The van der Waals surface area contributed by atoms with Crippen molar-refractivity contribution in [2.24, 2.45) is 0 Å². The molecule has 6 heteroatoms. The SMILES string of the molecule is c1ccc2nc(NCCCn3ccnn3)cnc2c1. The summed E-state index contributed by atoms with van der Waals surface area (Å²) in [6.45, 7) is 1.67. The van der Waals surface area contributed by atoms with Crippen LogP contribution in [0.3, 0.4) is 0 Å². The molecule has 2 aromatic heterocycles. The van der Waals surface area contributed by atoms with E-state index >= 15 is 0 Å². The number of benzene rings is 1. The maximum absolute atomic E-state index is 4.50. The Balaban J connectivity index is 1.56. The molecule has 3 aromatic rings. The zero-order chi connectivity index (χ0) is 12.9. The molecule has 96 valence electrons. The van der Waals surface area contributed by atoms with Crippen molar-refractivity contribution in [3.63, 3.8) is 0 Å². The molecule has 0 aliphatic carbocycles. The van der Waals surface area contributed by atoms with Gasteiger partial charge >= 0.3 is 0 Å². The predicted octanol–water partition coefficient (Wildman–Crippen LogP) is 1.72. The van der Waals surface area contributed by atoms with Crippen molar-refractivity contribution >= 4 is 16.9 Å². The van der Waals surface area contributed by atoms with Gasteiger partial charge in [0.15, 0.2) is 0 Å². The van der Waals surface area contributed by atoms with Crippen molar-refractivity contribution in [2.45, 2.75) is 13.0 Å². The highest BCUT2D eigenvalue weighted by molar-refractivity contribution is 5.75. The van der Waals surface area contributed by atoms with Gasteiger partial charge in [-0.15, -0.1) is 5.10 Å². The fraction of sp³-hybridized carbons (Fsp3) is 0.231. The molecule has 2 heterocycles. The average molecular weight is 254 g/mol. The molecule has 1 N–H and O–H groups in total. The molecule has 0 spiro atoms. The molecule has 19 heavy (non-hydrogen) atoms. The topological polar surface area (TPSA) is 68.5 Å². The molecule has 3 rings (SSSR count). The number of para-hydroxylation sites is 2. The van der Waals surface area contributed by atoms with Crippen LogP contribution in [0, 0.1) is 0 Å². The Morgan fingerprint density at radius 1 is 1.16 bits per heavy atom. The lowest BCUT2D eigenvalue weighted by Crippen LogP contribution is -2.08. The van der Waals surface area contributed by atoms with Crippen LogP contribution in [-0.2, 0) is 6.54 Å². The average Bonchev–Trinajstić information content (AvgIpc) is 2.97. The Kier molecular flexibility index (Phi) is 3.31. The third kappa shape index (κ3) is 2.85. The van der Waals surface area contributed by atoms with Crippen LogP contribution in [0.2, 0.25) is 0 Å². The summed E-state index contributed by atoms with van der Waals surface area (Å²) in [6.07, 6.45) is 6.26. The zero-order valence-corrected chi connectivity index (χ0v) is 10.4. The minimum Gasteiger partial charge on any atom is -0.369 e. The number of hydrogen-bond acceptors (Lipinski definition) is 5. The molecule has 0 aliphatic rings. The van der Waals surface area contributed by atoms with Gasteiger partial charge in [-0.05, 0) is 18.6 Å². The van der Waals surface area contributed by atoms with Crippen LogP contribution in [0.1, 0.15) is 6.42 Å². The van der Waals surface area contributed by atoms with Gasteiger partial charge in [0.1, 0.15) is 5.82 Å². The first-order valence-corrected chi connectivity index (χ1v) is 6.21. The Morgan fingerprint density at radius 2 is 2.05 bits per heavy atom. The van der Waals surface area contributed by atoms with E-state index < -0.39 is 0 Å². The lowest BCUT2D eigenvalue weighted by molar-refractivity contribution is 0.569. The maximum Gasteiger partial charge on any atom is 0.145 e. The molecule has 0 atom stereocenters. The highest BCUT2D eigenvalue weighted by Crippen LogP contribution is 2.11. The number of aromatic nitrogens is 5. The lowest BCUT2D eigenvalue weighted by Gasteiger charge is -2.06. The number of anilines is 1. The molecule has 0 unspecified atom stereocenters. The summed E-state index contributed by atoms with van der Waals surface area (Å²) in [5.74, 6) is 0.803. The molecule has 0 amide bonds. The molecule has 0 aliphatic heterocycles. The second-order valence-corrected chi connectivity index (χ2v) is 4.19. The van der Waals surface area contributed by atoms with E-state index in [1.807, 2.05) is 35.1 Å². The Hall–Kier alpha value is -2.50. The molecule has 0 bridgehead atoms. The van der Waals surface area contributed by atoms with E-state index in [0.29, 0.717) is 0 Å². The quantitative estimate of drug-likeness (QED) is 0.702. The van der Waals surface area contributed by atoms with Gasteiger partial charge < -0.3 is 5.32 Å². The summed E-state index contributed by atoms with van der Waals surface area (Å²) in [6, 6.07) is 7.84. The largest absolute Gasteiger partial charge is 0.369 e. The Labute approximate surface area is 110 Å². The van der Waals surface area contributed by atoms with E-state index in [4.69, 9.17) is 0 Å². The van der Waals surface area contributed by atoms with Gasteiger partial charge in [0.25, 0.3) is 0 Å². The van der Waals surface area contributed by atoms with Crippen molar-refractivity contribution in [3.8, 4) is 0 Å². The number of aryl methyl sites for hydroxylation is 1. The van der Waals surface area contributed by atoms with Crippen LogP contribution >= 0.6 is 0 Å². The van der Waals surface area contributed by atoms with Crippen LogP contribution in [0.5, 0.6) is 0 Å². The van der Waals surface area contributed by atoms with Gasteiger partial charge in [0.2, 0.25) is 0 Å². The monoisotopic (exact) mass is 254 g/mol. The lowest BCUT2D eigenvalue weighted by atomic mass is 10.3. The normalized spacial score (nSPS) is 10.7. The zero-order valence-electron chi connectivity index (χ0n) is 10.4. The number of nitrogens with zero attached hydrogens (tertiary/aromatic N) is 5. The van der Waals surface area contributed by atoms with Crippen molar-refractivity contribution in [1.29, 1.82) is 0 Å². The summed E-state index contributed by atoms with van der Waals surface area (Å²) < 4.78 is 1.81. The predicted molar refractivity (Wildman–Crippen MR) is 72.7 cm³/mol. The molecular formula is C13H14N6. The van der Waals surface area contributed by atoms with E-state index in [2.05, 4.69) is 25.6 Å². The highest BCUT2D eigenvalue weighted by Gasteiger charge is 1.98. The molecule has 6 nitrogen and oxygen atoms in total. The second kappa shape index (κ2) is 5.43. The van der Waals surface area contributed by atoms with Crippen LogP contribution in [0.4, 0.5) is 5.82 Å². The summed E-state index contributed by atoms with van der Waals surface area (Å²) >= 11 is 0. The molecule has 1 aromatic carbocycles. The summed E-state index contributed by atoms with van der Waals surface area (Å²) in [5, 5.41) is 10.9. The second-order valence-electron chi connectivity index (χ2n) is 4.19. The van der Waals surface area contributed by atoms with E-state index in [0.717, 1.165) is 36.4 Å². The van der Waals surface area contributed by atoms with E-state index in [9.17, 15) is 0 Å². The van der Waals surface area contributed by atoms with Gasteiger partial charge in [-0.2, -0.15) is 0 Å². The summed E-state index contributed by atoms with van der Waals surface area (Å²) in [5.41, 5.74) is 1.82. The first-order chi connectivity index (χ1) is 9.42. The number of nitrogens with one attached hydrogen (secondary N) is 1. The Morgan fingerprint density at radius 3 is 2.89 bits per heavy atom. The van der Waals surface area contributed by atoms with Crippen LogP contribution in [0.25, 0.3) is 11.0 Å². The van der Waals surface area contributed by atoms with Crippen LogP contribution in [-0.4, -0.2) is 31.5 Å². The maximum atomic E-state index is 4.50. The van der Waals surface area contributed by atoms with E-state index in [1.54, 1.807) is 12.4 Å². The number of fused-ring (bicyclic) bond motifs is 1. The van der Waals surface area contributed by atoms with Crippen molar-refractivity contribution in [3.05, 3.63) is 42.9 Å². The smallest absolute Gasteiger partial charge is 0.145 e. The van der Waals surface area contributed by atoms with Gasteiger partial charge in [0, 0.05) is 19.3 Å². The van der Waals surface area contributed by atoms with Crippen molar-refractivity contribution in [2.75, 3.05) is 11.9 Å². The molecule has 0 fully saturated rings. The van der Waals surface area contributed by atoms with Gasteiger partial charge in [0.05, 0.1) is 23.4 Å². The first-order valence-electron chi connectivity index (χ1n) is 6.21. The Bertz CT molecular complexity index is 649. The van der Waals surface area contributed by atoms with Crippen LogP contribution in [0.15, 0.2) is 42.9 Å². The van der Waals surface area contributed by atoms with Crippen molar-refractivity contribution < 1.29 is 0 Å². The number of hydrogen-bond donors (Lipinski definition) is 1. The highest BCUT2D eigenvalue weighted by atomic mass is 15.4. The molecule has 0 radical (unpaired) electrons. The van der Waals surface area contributed by atoms with Gasteiger partial charge in [-0.25, -0.2) is 4.98 Å². The standard InChI is InChI=1S/C13H14N6/c1-2-5-12-11(4-1)15-10-13(17-12)14-6-3-8-19-9-7-16-18-19/h1-2,4-5,7,9-10H,3,6,8H2,(H,14,17). The number of rotatable bonds is 5. The van der Waals surface area contributed by atoms with Crippen molar-refractivity contribution in [1.82, 2.24) is 25.0 Å². The molecule has 0 saturated heterocycles. The van der Waals surface area contributed by atoms with Gasteiger partial charge in [-0.3, -0.25) is 9.67 Å².